The smallest absolute Gasteiger partial charge is 0.223 e. The van der Waals surface area contributed by atoms with E-state index < -0.39 is 17.1 Å². The van der Waals surface area contributed by atoms with Crippen molar-refractivity contribution >= 4 is 11.7 Å². The number of aliphatic hydroxyl groups is 1. The lowest BCUT2D eigenvalue weighted by Crippen LogP contribution is -2.76. The van der Waals surface area contributed by atoms with Crippen LogP contribution in [-0.4, -0.2) is 116 Å². The molecule has 2 aliphatic heterocycles. The lowest BCUT2D eigenvalue weighted by molar-refractivity contribution is -0.189. The van der Waals surface area contributed by atoms with Crippen LogP contribution in [0.1, 0.15) is 60.5 Å². The standard InChI is InChI=1S/C44H55N3O8/c1-29-8-11-33(12-9-29)54-37(30-6-4-3-5-7-30)15-19-46(2)21-23-53-25-24-52-22-18-45-42(50)34-26-32(34)28-47-20-17-43-39-31-10-13-35(48)40(39)55-41(43)36(49)14-16-44(43,51)38(47)27-31/h3-13,32,34,37-38,41,48,51H,14-28H2,1-2H3,(H,45,50)/t32?,34-,37?,38-,41+,43+,44-/m1/s1. The van der Waals surface area contributed by atoms with Crippen molar-refractivity contribution < 1.29 is 38.7 Å². The number of rotatable bonds is 18. The predicted molar refractivity (Wildman–Crippen MR) is 206 cm³/mol. The van der Waals surface area contributed by atoms with E-state index in [1.54, 1.807) is 6.07 Å². The average Bonchev–Trinajstić information content (AvgIpc) is 3.86. The number of nitrogens with one attached hydrogen (secondary N) is 1. The van der Waals surface area contributed by atoms with Gasteiger partial charge in [-0.1, -0.05) is 54.1 Å². The molecule has 3 fully saturated rings. The summed E-state index contributed by atoms with van der Waals surface area (Å²) in [4.78, 5) is 30.7. The van der Waals surface area contributed by atoms with Crippen molar-refractivity contribution in [1.29, 1.82) is 0 Å². The zero-order valence-electron chi connectivity index (χ0n) is 32.1. The van der Waals surface area contributed by atoms with Crippen LogP contribution in [0, 0.1) is 18.8 Å². The number of nitrogens with zero attached hydrogens (tertiary/aromatic N) is 2. The molecule has 11 nitrogen and oxygen atoms in total. The van der Waals surface area contributed by atoms with E-state index in [1.165, 1.54) is 11.1 Å². The number of ketones is 1. The van der Waals surface area contributed by atoms with Gasteiger partial charge in [-0.2, -0.15) is 0 Å². The molecule has 1 spiro atoms. The first-order chi connectivity index (χ1) is 26.7. The molecule has 2 unspecified atom stereocenters. The summed E-state index contributed by atoms with van der Waals surface area (Å²) in [6.45, 7) is 7.64. The molecule has 7 atom stereocenters. The predicted octanol–water partition coefficient (Wildman–Crippen LogP) is 4.35. The van der Waals surface area contributed by atoms with Gasteiger partial charge >= 0.3 is 0 Å². The van der Waals surface area contributed by atoms with Crippen molar-refractivity contribution in [1.82, 2.24) is 15.1 Å². The quantitative estimate of drug-likeness (QED) is 0.161. The Balaban J connectivity index is 0.712. The van der Waals surface area contributed by atoms with E-state index in [0.717, 1.165) is 49.4 Å². The Labute approximate surface area is 323 Å². The Hall–Kier alpha value is -4.00. The summed E-state index contributed by atoms with van der Waals surface area (Å²) in [7, 11) is 2.10. The Bertz CT molecular complexity index is 1840. The van der Waals surface area contributed by atoms with E-state index >= 15 is 0 Å². The molecular weight excluding hydrogens is 698 g/mol. The van der Waals surface area contributed by atoms with Crippen LogP contribution in [0.15, 0.2) is 66.7 Å². The average molecular weight is 754 g/mol. The number of carbonyl (C=O) groups is 2. The highest BCUT2D eigenvalue weighted by atomic mass is 16.5. The molecule has 3 aromatic carbocycles. The largest absolute Gasteiger partial charge is 0.504 e. The summed E-state index contributed by atoms with van der Waals surface area (Å²) in [5, 5.41) is 26.1. The first kappa shape index (κ1) is 37.9. The number of ether oxygens (including phenoxy) is 4. The van der Waals surface area contributed by atoms with Gasteiger partial charge in [0.1, 0.15) is 11.9 Å². The third kappa shape index (κ3) is 7.37. The topological polar surface area (TPSA) is 130 Å². The maximum atomic E-state index is 13.1. The number of hydrogen-bond acceptors (Lipinski definition) is 10. The van der Waals surface area contributed by atoms with Gasteiger partial charge in [-0.3, -0.25) is 14.5 Å². The lowest BCUT2D eigenvalue weighted by Gasteiger charge is -2.62. The van der Waals surface area contributed by atoms with E-state index in [1.807, 2.05) is 36.4 Å². The number of carbonyl (C=O) groups excluding carboxylic acids is 2. The third-order valence-electron chi connectivity index (χ3n) is 12.9. The van der Waals surface area contributed by atoms with Crippen LogP contribution in [0.5, 0.6) is 17.2 Å². The number of phenols is 1. The number of likely N-dealkylation sites (N-methyl/N-ethyl adjacent to an activating group) is 1. The highest BCUT2D eigenvalue weighted by Gasteiger charge is 2.73. The number of hydrogen-bond donors (Lipinski definition) is 3. The molecule has 0 aromatic heterocycles. The van der Waals surface area contributed by atoms with Crippen LogP contribution in [-0.2, 0) is 30.9 Å². The Kier molecular flexibility index (Phi) is 10.9. The molecule has 55 heavy (non-hydrogen) atoms. The van der Waals surface area contributed by atoms with Crippen LogP contribution in [0.2, 0.25) is 0 Å². The zero-order valence-corrected chi connectivity index (χ0v) is 32.1. The van der Waals surface area contributed by atoms with Gasteiger partial charge in [0.15, 0.2) is 23.4 Å². The number of Topliss-reactive ketones (excluding diaryl/α,β-unsaturated/α-hetero) is 1. The minimum atomic E-state index is -1.12. The Morgan fingerprint density at radius 3 is 2.60 bits per heavy atom. The second kappa shape index (κ2) is 15.9. The van der Waals surface area contributed by atoms with E-state index in [9.17, 15) is 19.8 Å². The molecule has 1 saturated heterocycles. The van der Waals surface area contributed by atoms with E-state index in [0.29, 0.717) is 64.5 Å². The molecule has 3 aliphatic carbocycles. The molecule has 3 aromatic rings. The third-order valence-corrected chi connectivity index (χ3v) is 12.9. The fourth-order valence-electron chi connectivity index (χ4n) is 9.81. The number of aryl methyl sites for hydroxylation is 1. The lowest BCUT2D eigenvalue weighted by atomic mass is 9.49. The number of aromatic hydroxyl groups is 1. The van der Waals surface area contributed by atoms with Gasteiger partial charge < -0.3 is 39.4 Å². The van der Waals surface area contributed by atoms with Gasteiger partial charge in [0, 0.05) is 56.5 Å². The van der Waals surface area contributed by atoms with E-state index in [4.69, 9.17) is 18.9 Å². The molecule has 5 aliphatic rings. The molecule has 2 bridgehead atoms. The normalized spacial score (nSPS) is 28.0. The van der Waals surface area contributed by atoms with Crippen LogP contribution in [0.3, 0.4) is 0 Å². The minimum Gasteiger partial charge on any atom is -0.504 e. The summed E-state index contributed by atoms with van der Waals surface area (Å²) >= 11 is 0. The molecule has 11 heteroatoms. The molecule has 294 valence electrons. The minimum absolute atomic E-state index is 0.00346. The molecule has 8 rings (SSSR count). The van der Waals surface area contributed by atoms with Crippen molar-refractivity contribution in [3.63, 3.8) is 0 Å². The number of amides is 1. The second-order valence-electron chi connectivity index (χ2n) is 16.3. The maximum Gasteiger partial charge on any atom is 0.223 e. The molecule has 3 N–H and O–H groups in total. The monoisotopic (exact) mass is 753 g/mol. The van der Waals surface area contributed by atoms with Gasteiger partial charge in [0.2, 0.25) is 5.91 Å². The summed E-state index contributed by atoms with van der Waals surface area (Å²) in [5.41, 5.74) is 2.32. The first-order valence-electron chi connectivity index (χ1n) is 20.1. The van der Waals surface area contributed by atoms with Crippen molar-refractivity contribution in [2.24, 2.45) is 11.8 Å². The van der Waals surface area contributed by atoms with Crippen LogP contribution in [0.25, 0.3) is 0 Å². The number of phenolic OH excluding ortho intramolecular Hbond substituents is 1. The highest BCUT2D eigenvalue weighted by molar-refractivity contribution is 5.90. The van der Waals surface area contributed by atoms with Gasteiger partial charge in [-0.05, 0) is 81.4 Å². The fraction of sp³-hybridized carbons (Fsp3) is 0.545. The van der Waals surface area contributed by atoms with Gasteiger partial charge in [-0.25, -0.2) is 0 Å². The second-order valence-corrected chi connectivity index (χ2v) is 16.3. The van der Waals surface area contributed by atoms with Gasteiger partial charge in [0.25, 0.3) is 0 Å². The summed E-state index contributed by atoms with van der Waals surface area (Å²) in [6.07, 6.45) is 2.76. The van der Waals surface area contributed by atoms with E-state index in [2.05, 4.69) is 53.4 Å². The first-order valence-corrected chi connectivity index (χ1v) is 20.1. The molecule has 2 saturated carbocycles. The van der Waals surface area contributed by atoms with Crippen molar-refractivity contribution in [2.75, 3.05) is 66.2 Å². The van der Waals surface area contributed by atoms with Gasteiger partial charge in [-0.15, -0.1) is 0 Å². The maximum absolute atomic E-state index is 13.1. The molecule has 0 radical (unpaired) electrons. The summed E-state index contributed by atoms with van der Waals surface area (Å²) in [5.74, 6) is 1.54. The van der Waals surface area contributed by atoms with Crippen LogP contribution >= 0.6 is 0 Å². The SMILES string of the molecule is Cc1ccc(OC(CCN(C)CCOCCOCCNC(=O)[C@@H]2CC2CN2CC[C@]34c5c6ccc(O)c5O[C@H]3C(=O)CC[C@@]4(O)[C@H]2C6)c2ccccc2)cc1. The Morgan fingerprint density at radius 2 is 1.80 bits per heavy atom. The highest BCUT2D eigenvalue weighted by Crippen LogP contribution is 2.65. The number of piperidine rings is 1. The van der Waals surface area contributed by atoms with Gasteiger partial charge in [0.05, 0.1) is 37.4 Å². The number of likely N-dealkylation sites (tertiary alicyclic amines) is 1. The summed E-state index contributed by atoms with van der Waals surface area (Å²) in [6, 6.07) is 22.0. The van der Waals surface area contributed by atoms with Crippen molar-refractivity contribution in [2.45, 2.75) is 74.7 Å². The number of benzene rings is 3. The zero-order chi connectivity index (χ0) is 38.2. The van der Waals surface area contributed by atoms with E-state index in [-0.39, 0.29) is 47.8 Å². The van der Waals surface area contributed by atoms with Crippen molar-refractivity contribution in [3.8, 4) is 17.2 Å². The molecule has 1 amide bonds. The van der Waals surface area contributed by atoms with Crippen molar-refractivity contribution in [3.05, 3.63) is 89.0 Å². The van der Waals surface area contributed by atoms with Crippen LogP contribution < -0.4 is 14.8 Å². The molecular formula is C44H55N3O8. The van der Waals surface area contributed by atoms with Crippen LogP contribution in [0.4, 0.5) is 0 Å². The molecule has 2 heterocycles. The Morgan fingerprint density at radius 1 is 1.02 bits per heavy atom. The fourth-order valence-corrected chi connectivity index (χ4v) is 9.81. The summed E-state index contributed by atoms with van der Waals surface area (Å²) < 4.78 is 24.1.